The predicted molar refractivity (Wildman–Crippen MR) is 126 cm³/mol. The van der Waals surface area contributed by atoms with Crippen molar-refractivity contribution >= 4 is 28.7 Å². The molecule has 0 saturated carbocycles. The van der Waals surface area contributed by atoms with Crippen LogP contribution in [0.15, 0.2) is 83.9 Å². The lowest BCUT2D eigenvalue weighted by Gasteiger charge is -2.37. The first kappa shape index (κ1) is 19.5. The molecule has 1 amide bonds. The summed E-state index contributed by atoms with van der Waals surface area (Å²) in [4.78, 5) is 24.7. The monoisotopic (exact) mass is 410 g/mol. The Balaban J connectivity index is 1.33. The number of aryl methyl sites for hydroxylation is 1. The second kappa shape index (κ2) is 8.36. The van der Waals surface area contributed by atoms with Crippen molar-refractivity contribution in [1.29, 1.82) is 0 Å². The summed E-state index contributed by atoms with van der Waals surface area (Å²) in [5.74, 6) is -0.0211. The maximum atomic E-state index is 13.4. The van der Waals surface area contributed by atoms with Crippen molar-refractivity contribution in [3.8, 4) is 0 Å². The first-order chi connectivity index (χ1) is 15.2. The molecule has 1 fully saturated rings. The minimum absolute atomic E-state index is 0.0211. The summed E-state index contributed by atoms with van der Waals surface area (Å²) in [6.07, 6.45) is 0. The second-order valence-corrected chi connectivity index (χ2v) is 8.13. The molecule has 2 aliphatic rings. The molecule has 0 aliphatic carbocycles. The SMILES string of the molecule is Cc1ccc(N=C2C(=O)N(CN3CCN(c4ccccc4)CC3)c3ccccc32)cc1. The Labute approximate surface area is 183 Å². The minimum atomic E-state index is -0.0211. The van der Waals surface area contributed by atoms with E-state index >= 15 is 0 Å². The molecule has 0 aromatic heterocycles. The zero-order valence-electron chi connectivity index (χ0n) is 17.7. The normalized spacial score (nSPS) is 18.0. The molecule has 0 radical (unpaired) electrons. The Bertz CT molecular complexity index is 1100. The minimum Gasteiger partial charge on any atom is -0.369 e. The lowest BCUT2D eigenvalue weighted by molar-refractivity contribution is -0.112. The molecule has 0 atom stereocenters. The van der Waals surface area contributed by atoms with E-state index in [1.165, 1.54) is 11.3 Å². The number of rotatable bonds is 4. The number of benzene rings is 3. The quantitative estimate of drug-likeness (QED) is 0.646. The summed E-state index contributed by atoms with van der Waals surface area (Å²) in [5, 5.41) is 0. The Morgan fingerprint density at radius 1 is 0.806 bits per heavy atom. The zero-order valence-corrected chi connectivity index (χ0v) is 17.7. The van der Waals surface area contributed by atoms with Gasteiger partial charge in [-0.1, -0.05) is 54.1 Å². The number of hydrogen-bond acceptors (Lipinski definition) is 4. The van der Waals surface area contributed by atoms with Gasteiger partial charge in [-0.15, -0.1) is 0 Å². The highest BCUT2D eigenvalue weighted by Crippen LogP contribution is 2.31. The maximum absolute atomic E-state index is 13.4. The van der Waals surface area contributed by atoms with E-state index in [9.17, 15) is 4.79 Å². The van der Waals surface area contributed by atoms with Gasteiger partial charge in [0.15, 0.2) is 0 Å². The van der Waals surface area contributed by atoms with Crippen molar-refractivity contribution in [2.24, 2.45) is 4.99 Å². The molecule has 0 bridgehead atoms. The van der Waals surface area contributed by atoms with E-state index < -0.39 is 0 Å². The van der Waals surface area contributed by atoms with E-state index in [1.807, 2.05) is 66.4 Å². The molecular formula is C26H26N4O. The summed E-state index contributed by atoms with van der Waals surface area (Å²) >= 11 is 0. The molecule has 3 aromatic rings. The van der Waals surface area contributed by atoms with Gasteiger partial charge in [0.05, 0.1) is 18.0 Å². The Morgan fingerprint density at radius 3 is 2.23 bits per heavy atom. The molecule has 0 unspecified atom stereocenters. The summed E-state index contributed by atoms with van der Waals surface area (Å²) in [7, 11) is 0. The molecule has 5 rings (SSSR count). The molecule has 5 heteroatoms. The molecule has 0 spiro atoms. The third-order valence-electron chi connectivity index (χ3n) is 6.01. The van der Waals surface area contributed by atoms with E-state index in [0.29, 0.717) is 12.4 Å². The number of para-hydroxylation sites is 2. The van der Waals surface area contributed by atoms with Crippen LogP contribution in [-0.2, 0) is 4.79 Å². The van der Waals surface area contributed by atoms with Crippen LogP contribution >= 0.6 is 0 Å². The molecule has 2 aliphatic heterocycles. The van der Waals surface area contributed by atoms with Crippen LogP contribution in [0.3, 0.4) is 0 Å². The van der Waals surface area contributed by atoms with Gasteiger partial charge in [0.2, 0.25) is 0 Å². The van der Waals surface area contributed by atoms with Crippen LogP contribution in [0.25, 0.3) is 0 Å². The summed E-state index contributed by atoms with van der Waals surface area (Å²) in [6.45, 7) is 6.39. The fourth-order valence-electron chi connectivity index (χ4n) is 4.24. The second-order valence-electron chi connectivity index (χ2n) is 8.13. The largest absolute Gasteiger partial charge is 0.369 e. The van der Waals surface area contributed by atoms with Gasteiger partial charge in [-0.2, -0.15) is 0 Å². The van der Waals surface area contributed by atoms with Gasteiger partial charge < -0.3 is 4.90 Å². The van der Waals surface area contributed by atoms with Crippen molar-refractivity contribution in [2.75, 3.05) is 42.6 Å². The summed E-state index contributed by atoms with van der Waals surface area (Å²) in [6, 6.07) is 26.5. The number of fused-ring (bicyclic) bond motifs is 1. The number of carbonyl (C=O) groups excluding carboxylic acids is 1. The number of nitrogens with zero attached hydrogens (tertiary/aromatic N) is 4. The van der Waals surface area contributed by atoms with Gasteiger partial charge in [-0.05, 0) is 37.3 Å². The lowest BCUT2D eigenvalue weighted by Crippen LogP contribution is -2.51. The van der Waals surface area contributed by atoms with Gasteiger partial charge >= 0.3 is 0 Å². The smallest absolute Gasteiger partial charge is 0.278 e. The zero-order chi connectivity index (χ0) is 21.2. The van der Waals surface area contributed by atoms with E-state index in [2.05, 4.69) is 34.1 Å². The van der Waals surface area contributed by atoms with E-state index in [4.69, 9.17) is 4.99 Å². The van der Waals surface area contributed by atoms with Gasteiger partial charge in [0.1, 0.15) is 5.71 Å². The van der Waals surface area contributed by atoms with Crippen LogP contribution in [0.1, 0.15) is 11.1 Å². The van der Waals surface area contributed by atoms with Crippen LogP contribution in [0, 0.1) is 6.92 Å². The average molecular weight is 411 g/mol. The first-order valence-corrected chi connectivity index (χ1v) is 10.8. The van der Waals surface area contributed by atoms with Gasteiger partial charge in [0, 0.05) is 37.4 Å². The number of aliphatic imine (C=N–C) groups is 1. The summed E-state index contributed by atoms with van der Waals surface area (Å²) in [5.41, 5.74) is 5.64. The fourth-order valence-corrected chi connectivity index (χ4v) is 4.24. The summed E-state index contributed by atoms with van der Waals surface area (Å²) < 4.78 is 0. The molecule has 1 saturated heterocycles. The van der Waals surface area contributed by atoms with Crippen molar-refractivity contribution < 1.29 is 4.79 Å². The standard InChI is InChI=1S/C26H26N4O/c1-20-11-13-21(14-12-20)27-25-23-9-5-6-10-24(23)30(26(25)31)19-28-15-17-29(18-16-28)22-7-3-2-4-8-22/h2-14H,15-19H2,1H3. The van der Waals surface area contributed by atoms with Gasteiger partial charge in [-0.25, -0.2) is 4.99 Å². The highest BCUT2D eigenvalue weighted by Gasteiger charge is 2.35. The van der Waals surface area contributed by atoms with Crippen molar-refractivity contribution in [3.63, 3.8) is 0 Å². The van der Waals surface area contributed by atoms with E-state index in [-0.39, 0.29) is 5.91 Å². The topological polar surface area (TPSA) is 39.2 Å². The highest BCUT2D eigenvalue weighted by atomic mass is 16.2. The van der Waals surface area contributed by atoms with Crippen molar-refractivity contribution in [3.05, 3.63) is 90.0 Å². The molecule has 156 valence electrons. The Morgan fingerprint density at radius 2 is 1.48 bits per heavy atom. The third-order valence-corrected chi connectivity index (χ3v) is 6.01. The van der Waals surface area contributed by atoms with Crippen LogP contribution in [0.5, 0.6) is 0 Å². The van der Waals surface area contributed by atoms with Crippen LogP contribution < -0.4 is 9.80 Å². The average Bonchev–Trinajstić information content (AvgIpc) is 3.07. The van der Waals surface area contributed by atoms with Crippen LogP contribution in [-0.4, -0.2) is 49.4 Å². The molecule has 31 heavy (non-hydrogen) atoms. The first-order valence-electron chi connectivity index (χ1n) is 10.8. The number of piperazine rings is 1. The van der Waals surface area contributed by atoms with Gasteiger partial charge in [-0.3, -0.25) is 14.6 Å². The fraction of sp³-hybridized carbons (Fsp3) is 0.231. The third kappa shape index (κ3) is 3.97. The van der Waals surface area contributed by atoms with Crippen LogP contribution in [0.4, 0.5) is 17.1 Å². The Hall–Kier alpha value is -3.44. The molecule has 2 heterocycles. The van der Waals surface area contributed by atoms with Crippen LogP contribution in [0.2, 0.25) is 0 Å². The van der Waals surface area contributed by atoms with E-state index in [0.717, 1.165) is 43.1 Å². The molecule has 5 nitrogen and oxygen atoms in total. The number of anilines is 2. The van der Waals surface area contributed by atoms with Crippen molar-refractivity contribution in [1.82, 2.24) is 4.90 Å². The highest BCUT2D eigenvalue weighted by molar-refractivity contribution is 6.54. The van der Waals surface area contributed by atoms with Gasteiger partial charge in [0.25, 0.3) is 5.91 Å². The van der Waals surface area contributed by atoms with E-state index in [1.54, 1.807) is 0 Å². The molecular weight excluding hydrogens is 384 g/mol. The van der Waals surface area contributed by atoms with Crippen molar-refractivity contribution in [2.45, 2.75) is 6.92 Å². The molecule has 3 aromatic carbocycles. The Kier molecular flexibility index (Phi) is 5.26. The molecule has 0 N–H and O–H groups in total. The lowest BCUT2D eigenvalue weighted by atomic mass is 10.1. The predicted octanol–water partition coefficient (Wildman–Crippen LogP) is 4.24. The number of amides is 1. The number of carbonyl (C=O) groups is 1. The maximum Gasteiger partial charge on any atom is 0.278 e. The number of hydrogen-bond donors (Lipinski definition) is 0.